The van der Waals surface area contributed by atoms with Crippen LogP contribution in [-0.4, -0.2) is 59.0 Å². The fraction of sp³-hybridized carbons (Fsp3) is 0.556. The minimum atomic E-state index is 0. The number of hydrogen-bond donors (Lipinski definition) is 2. The summed E-state index contributed by atoms with van der Waals surface area (Å²) in [7, 11) is 0. The molecule has 7 heteroatoms. The first-order valence-electron chi connectivity index (χ1n) is 8.72. The fourth-order valence-corrected chi connectivity index (χ4v) is 3.06. The first kappa shape index (κ1) is 20.0. The number of aliphatic hydroxyl groups is 1. The SMILES string of the molecule is CCNC(=NCc1cccc(CO)c1)N1CCN(C2CC2)C(=O)C1.I. The van der Waals surface area contributed by atoms with Gasteiger partial charge < -0.3 is 20.2 Å². The van der Waals surface area contributed by atoms with Gasteiger partial charge in [0.1, 0.15) is 0 Å². The van der Waals surface area contributed by atoms with Crippen LogP contribution in [0.4, 0.5) is 0 Å². The molecule has 1 aliphatic heterocycles. The highest BCUT2D eigenvalue weighted by Crippen LogP contribution is 2.28. The fourth-order valence-electron chi connectivity index (χ4n) is 3.06. The number of benzene rings is 1. The van der Waals surface area contributed by atoms with Crippen molar-refractivity contribution in [3.05, 3.63) is 35.4 Å². The summed E-state index contributed by atoms with van der Waals surface area (Å²) >= 11 is 0. The van der Waals surface area contributed by atoms with Gasteiger partial charge in [0.15, 0.2) is 5.96 Å². The predicted molar refractivity (Wildman–Crippen MR) is 109 cm³/mol. The molecule has 25 heavy (non-hydrogen) atoms. The van der Waals surface area contributed by atoms with Crippen molar-refractivity contribution < 1.29 is 9.90 Å². The highest BCUT2D eigenvalue weighted by molar-refractivity contribution is 14.0. The number of rotatable bonds is 5. The highest BCUT2D eigenvalue weighted by Gasteiger charge is 2.36. The number of carbonyl (C=O) groups excluding carboxylic acids is 1. The van der Waals surface area contributed by atoms with Crippen LogP contribution in [0.2, 0.25) is 0 Å². The Labute approximate surface area is 166 Å². The van der Waals surface area contributed by atoms with Gasteiger partial charge in [-0.3, -0.25) is 4.79 Å². The number of nitrogens with zero attached hydrogens (tertiary/aromatic N) is 3. The van der Waals surface area contributed by atoms with E-state index in [1.807, 2.05) is 41.0 Å². The van der Waals surface area contributed by atoms with E-state index in [9.17, 15) is 9.90 Å². The van der Waals surface area contributed by atoms with Crippen LogP contribution >= 0.6 is 24.0 Å². The van der Waals surface area contributed by atoms with Crippen molar-refractivity contribution in [2.45, 2.75) is 39.0 Å². The van der Waals surface area contributed by atoms with Crippen LogP contribution in [0.15, 0.2) is 29.3 Å². The van der Waals surface area contributed by atoms with Crippen molar-refractivity contribution in [1.82, 2.24) is 15.1 Å². The van der Waals surface area contributed by atoms with E-state index in [1.54, 1.807) is 0 Å². The maximum absolute atomic E-state index is 12.3. The predicted octanol–water partition coefficient (Wildman–Crippen LogP) is 1.57. The van der Waals surface area contributed by atoms with Crippen LogP contribution in [0, 0.1) is 0 Å². The minimum absolute atomic E-state index is 0. The van der Waals surface area contributed by atoms with Crippen molar-refractivity contribution in [2.24, 2.45) is 4.99 Å². The number of amides is 1. The van der Waals surface area contributed by atoms with Gasteiger partial charge in [0.05, 0.1) is 19.7 Å². The van der Waals surface area contributed by atoms with Crippen LogP contribution in [0.1, 0.15) is 30.9 Å². The Morgan fingerprint density at radius 2 is 2.08 bits per heavy atom. The third-order valence-electron chi connectivity index (χ3n) is 4.46. The average Bonchev–Trinajstić information content (AvgIpc) is 3.43. The molecule has 0 aromatic heterocycles. The van der Waals surface area contributed by atoms with Gasteiger partial charge in [-0.05, 0) is 30.9 Å². The largest absolute Gasteiger partial charge is 0.392 e. The molecule has 0 radical (unpaired) electrons. The maximum atomic E-state index is 12.3. The molecule has 1 aromatic carbocycles. The zero-order chi connectivity index (χ0) is 16.9. The molecule has 1 heterocycles. The third kappa shape index (κ3) is 5.31. The van der Waals surface area contributed by atoms with Gasteiger partial charge in [0, 0.05) is 25.7 Å². The van der Waals surface area contributed by atoms with Gasteiger partial charge >= 0.3 is 0 Å². The zero-order valence-electron chi connectivity index (χ0n) is 14.6. The number of aliphatic imine (C=N–C) groups is 1. The van der Waals surface area contributed by atoms with Crippen LogP contribution in [0.25, 0.3) is 0 Å². The molecular weight excluding hydrogens is 431 g/mol. The molecule has 2 aliphatic rings. The van der Waals surface area contributed by atoms with E-state index in [4.69, 9.17) is 0 Å². The molecule has 1 saturated carbocycles. The van der Waals surface area contributed by atoms with E-state index in [-0.39, 0.29) is 36.5 Å². The van der Waals surface area contributed by atoms with Crippen molar-refractivity contribution in [3.8, 4) is 0 Å². The van der Waals surface area contributed by atoms with Crippen LogP contribution < -0.4 is 5.32 Å². The van der Waals surface area contributed by atoms with Gasteiger partial charge in [-0.1, -0.05) is 24.3 Å². The standard InChI is InChI=1S/C18H26N4O2.HI/c1-2-19-18(20-11-14-4-3-5-15(10-14)13-23)21-8-9-22(16-6-7-16)17(24)12-21;/h3-5,10,16,23H,2,6-9,11-13H2,1H3,(H,19,20);1H. The Morgan fingerprint density at radius 3 is 2.72 bits per heavy atom. The van der Waals surface area contributed by atoms with E-state index in [2.05, 4.69) is 10.3 Å². The lowest BCUT2D eigenvalue weighted by Crippen LogP contribution is -2.55. The summed E-state index contributed by atoms with van der Waals surface area (Å²) in [5, 5.41) is 12.5. The normalized spacial score (nSPS) is 18.2. The molecule has 1 aliphatic carbocycles. The first-order chi connectivity index (χ1) is 11.7. The monoisotopic (exact) mass is 458 g/mol. The van der Waals surface area contributed by atoms with Gasteiger partial charge in [-0.15, -0.1) is 24.0 Å². The van der Waals surface area contributed by atoms with Crippen molar-refractivity contribution in [2.75, 3.05) is 26.2 Å². The summed E-state index contributed by atoms with van der Waals surface area (Å²) < 4.78 is 0. The molecule has 2 N–H and O–H groups in total. The molecule has 1 amide bonds. The highest BCUT2D eigenvalue weighted by atomic mass is 127. The van der Waals surface area contributed by atoms with Crippen molar-refractivity contribution >= 4 is 35.8 Å². The number of nitrogens with one attached hydrogen (secondary N) is 1. The Balaban J connectivity index is 0.00000225. The lowest BCUT2D eigenvalue weighted by molar-refractivity contribution is -0.135. The van der Waals surface area contributed by atoms with Crippen LogP contribution in [0.3, 0.4) is 0 Å². The van der Waals surface area contributed by atoms with Crippen molar-refractivity contribution in [3.63, 3.8) is 0 Å². The molecule has 3 rings (SSSR count). The number of guanidine groups is 1. The average molecular weight is 458 g/mol. The number of aliphatic hydroxyl groups excluding tert-OH is 1. The van der Waals surface area contributed by atoms with E-state index >= 15 is 0 Å². The second-order valence-corrected chi connectivity index (χ2v) is 6.39. The second-order valence-electron chi connectivity index (χ2n) is 6.39. The van der Waals surface area contributed by atoms with Gasteiger partial charge in [0.2, 0.25) is 5.91 Å². The summed E-state index contributed by atoms with van der Waals surface area (Å²) in [6.45, 7) is 5.39. The maximum Gasteiger partial charge on any atom is 0.242 e. The molecule has 0 spiro atoms. The molecule has 0 atom stereocenters. The number of piperazine rings is 1. The topological polar surface area (TPSA) is 68.2 Å². The summed E-state index contributed by atoms with van der Waals surface area (Å²) in [4.78, 5) is 21.1. The summed E-state index contributed by atoms with van der Waals surface area (Å²) in [6.07, 6.45) is 2.31. The summed E-state index contributed by atoms with van der Waals surface area (Å²) in [5.74, 6) is 0.993. The lowest BCUT2D eigenvalue weighted by Gasteiger charge is -2.36. The Bertz CT molecular complexity index is 619. The molecule has 2 fully saturated rings. The quantitative estimate of drug-likeness (QED) is 0.400. The van der Waals surface area contributed by atoms with E-state index < -0.39 is 0 Å². The zero-order valence-corrected chi connectivity index (χ0v) is 17.0. The van der Waals surface area contributed by atoms with Gasteiger partial charge in [0.25, 0.3) is 0 Å². The molecule has 0 bridgehead atoms. The number of halogens is 1. The molecule has 1 saturated heterocycles. The lowest BCUT2D eigenvalue weighted by atomic mass is 10.1. The Morgan fingerprint density at radius 1 is 1.32 bits per heavy atom. The summed E-state index contributed by atoms with van der Waals surface area (Å²) in [5.41, 5.74) is 1.95. The van der Waals surface area contributed by atoms with Gasteiger partial charge in [-0.2, -0.15) is 0 Å². The summed E-state index contributed by atoms with van der Waals surface area (Å²) in [6, 6.07) is 8.28. The second kappa shape index (κ2) is 9.38. The Kier molecular flexibility index (Phi) is 7.49. The van der Waals surface area contributed by atoms with E-state index in [0.717, 1.165) is 49.6 Å². The van der Waals surface area contributed by atoms with Gasteiger partial charge in [-0.25, -0.2) is 4.99 Å². The molecular formula is C18H27IN4O2. The molecule has 0 unspecified atom stereocenters. The smallest absolute Gasteiger partial charge is 0.242 e. The van der Waals surface area contributed by atoms with Crippen molar-refractivity contribution in [1.29, 1.82) is 0 Å². The molecule has 138 valence electrons. The minimum Gasteiger partial charge on any atom is -0.392 e. The molecule has 6 nitrogen and oxygen atoms in total. The number of hydrogen-bond acceptors (Lipinski definition) is 3. The number of carbonyl (C=O) groups is 1. The van der Waals surface area contributed by atoms with Crippen LogP contribution in [0.5, 0.6) is 0 Å². The van der Waals surface area contributed by atoms with E-state index in [0.29, 0.717) is 19.1 Å². The Hall–Kier alpha value is -1.35. The van der Waals surface area contributed by atoms with Crippen LogP contribution in [-0.2, 0) is 17.9 Å². The molecule has 1 aromatic rings. The van der Waals surface area contributed by atoms with E-state index in [1.165, 1.54) is 0 Å². The first-order valence-corrected chi connectivity index (χ1v) is 8.72. The third-order valence-corrected chi connectivity index (χ3v) is 4.46.